The third kappa shape index (κ3) is 2.39. The summed E-state index contributed by atoms with van der Waals surface area (Å²) < 4.78 is 19.1. The van der Waals surface area contributed by atoms with Crippen LogP contribution in [0.15, 0.2) is 41.0 Å². The van der Waals surface area contributed by atoms with Gasteiger partial charge >= 0.3 is 0 Å². The van der Waals surface area contributed by atoms with E-state index in [2.05, 4.69) is 20.9 Å². The molecule has 0 fully saturated rings. The van der Waals surface area contributed by atoms with Crippen molar-refractivity contribution in [3.8, 4) is 11.6 Å². The number of pyridine rings is 1. The Morgan fingerprint density at radius 2 is 2.12 bits per heavy atom. The van der Waals surface area contributed by atoms with E-state index in [0.29, 0.717) is 16.1 Å². The van der Waals surface area contributed by atoms with E-state index in [-0.39, 0.29) is 5.82 Å². The lowest BCUT2D eigenvalue weighted by atomic mass is 10.3. The minimum atomic E-state index is -0.355. The molecule has 2 rings (SSSR count). The van der Waals surface area contributed by atoms with Gasteiger partial charge in [0.25, 0.3) is 0 Å². The van der Waals surface area contributed by atoms with Crippen LogP contribution >= 0.6 is 15.9 Å². The summed E-state index contributed by atoms with van der Waals surface area (Å²) in [5, 5.41) is 0. The zero-order valence-electron chi connectivity index (χ0n) is 8.58. The van der Waals surface area contributed by atoms with Gasteiger partial charge in [-0.15, -0.1) is 0 Å². The number of rotatable bonds is 2. The summed E-state index contributed by atoms with van der Waals surface area (Å²) in [7, 11) is 0. The van der Waals surface area contributed by atoms with Crippen molar-refractivity contribution in [2.24, 2.45) is 0 Å². The van der Waals surface area contributed by atoms with Gasteiger partial charge in [-0.2, -0.15) is 0 Å². The summed E-state index contributed by atoms with van der Waals surface area (Å²) in [6.07, 6.45) is 1.64. The van der Waals surface area contributed by atoms with Gasteiger partial charge in [-0.25, -0.2) is 9.37 Å². The molecule has 1 heterocycles. The lowest BCUT2D eigenvalue weighted by molar-refractivity contribution is 0.454. The molecule has 0 atom stereocenters. The maximum Gasteiger partial charge on any atom is 0.222 e. The predicted octanol–water partition coefficient (Wildman–Crippen LogP) is 4.08. The highest BCUT2D eigenvalue weighted by Gasteiger charge is 2.05. The van der Waals surface area contributed by atoms with Crippen LogP contribution in [0.3, 0.4) is 0 Å². The number of benzene rings is 1. The molecule has 4 heteroatoms. The standard InChI is InChI=1S/C12H9BrFNO/c1-8-3-2-6-15-12(8)16-9-4-5-10(13)11(14)7-9/h2-7H,1H3. The topological polar surface area (TPSA) is 22.1 Å². The van der Waals surface area contributed by atoms with E-state index in [4.69, 9.17) is 4.74 Å². The maximum absolute atomic E-state index is 13.2. The van der Waals surface area contributed by atoms with Crippen molar-refractivity contribution in [3.05, 3.63) is 52.4 Å². The third-order valence-corrected chi connectivity index (χ3v) is 2.71. The van der Waals surface area contributed by atoms with Crippen LogP contribution in [-0.2, 0) is 0 Å². The van der Waals surface area contributed by atoms with E-state index < -0.39 is 0 Å². The molecule has 82 valence electrons. The van der Waals surface area contributed by atoms with Crippen molar-refractivity contribution in [1.82, 2.24) is 4.98 Å². The number of nitrogens with zero attached hydrogens (tertiary/aromatic N) is 1. The first-order valence-electron chi connectivity index (χ1n) is 4.71. The third-order valence-electron chi connectivity index (χ3n) is 2.07. The Bertz CT molecular complexity index is 516. The van der Waals surface area contributed by atoms with Crippen molar-refractivity contribution < 1.29 is 9.13 Å². The molecule has 2 aromatic rings. The van der Waals surface area contributed by atoms with E-state index >= 15 is 0 Å². The largest absolute Gasteiger partial charge is 0.439 e. The van der Waals surface area contributed by atoms with Crippen LogP contribution in [0.5, 0.6) is 11.6 Å². The molecular weight excluding hydrogens is 273 g/mol. The lowest BCUT2D eigenvalue weighted by Crippen LogP contribution is -1.91. The smallest absolute Gasteiger partial charge is 0.222 e. The zero-order valence-corrected chi connectivity index (χ0v) is 10.2. The first-order chi connectivity index (χ1) is 7.66. The number of halogens is 2. The molecule has 0 aliphatic carbocycles. The average molecular weight is 282 g/mol. The summed E-state index contributed by atoms with van der Waals surface area (Å²) >= 11 is 3.08. The molecule has 0 amide bonds. The minimum Gasteiger partial charge on any atom is -0.439 e. The van der Waals surface area contributed by atoms with Crippen LogP contribution in [0.25, 0.3) is 0 Å². The molecule has 0 saturated carbocycles. The highest BCUT2D eigenvalue weighted by molar-refractivity contribution is 9.10. The lowest BCUT2D eigenvalue weighted by Gasteiger charge is -2.07. The first-order valence-corrected chi connectivity index (χ1v) is 5.50. The van der Waals surface area contributed by atoms with Crippen LogP contribution in [0, 0.1) is 12.7 Å². The molecule has 0 bridgehead atoms. The SMILES string of the molecule is Cc1cccnc1Oc1ccc(Br)c(F)c1. The summed E-state index contributed by atoms with van der Waals surface area (Å²) in [5.74, 6) is 0.567. The van der Waals surface area contributed by atoms with Gasteiger partial charge in [0.2, 0.25) is 5.88 Å². The van der Waals surface area contributed by atoms with E-state index in [9.17, 15) is 4.39 Å². The number of ether oxygens (including phenoxy) is 1. The minimum absolute atomic E-state index is 0.355. The second-order valence-electron chi connectivity index (χ2n) is 3.30. The average Bonchev–Trinajstić information content (AvgIpc) is 2.27. The van der Waals surface area contributed by atoms with Crippen molar-refractivity contribution >= 4 is 15.9 Å². The second-order valence-corrected chi connectivity index (χ2v) is 4.16. The van der Waals surface area contributed by atoms with Crippen LogP contribution < -0.4 is 4.74 Å². The van der Waals surface area contributed by atoms with Crippen molar-refractivity contribution in [1.29, 1.82) is 0 Å². The quantitative estimate of drug-likeness (QED) is 0.827. The van der Waals surface area contributed by atoms with Gasteiger partial charge in [0, 0.05) is 17.8 Å². The van der Waals surface area contributed by atoms with Gasteiger partial charge < -0.3 is 4.74 Å². The van der Waals surface area contributed by atoms with E-state index in [1.165, 1.54) is 6.07 Å². The number of aryl methyl sites for hydroxylation is 1. The number of hydrogen-bond donors (Lipinski definition) is 0. The highest BCUT2D eigenvalue weighted by Crippen LogP contribution is 2.25. The van der Waals surface area contributed by atoms with Gasteiger partial charge in [0.05, 0.1) is 4.47 Å². The molecule has 0 aliphatic rings. The summed E-state index contributed by atoms with van der Waals surface area (Å²) in [6, 6.07) is 8.31. The Morgan fingerprint density at radius 3 is 2.81 bits per heavy atom. The Kier molecular flexibility index (Phi) is 3.19. The van der Waals surface area contributed by atoms with Crippen LogP contribution in [0.2, 0.25) is 0 Å². The van der Waals surface area contributed by atoms with Crippen molar-refractivity contribution in [3.63, 3.8) is 0 Å². The van der Waals surface area contributed by atoms with Gasteiger partial charge in [-0.05, 0) is 41.1 Å². The summed E-state index contributed by atoms with van der Waals surface area (Å²) in [6.45, 7) is 1.89. The molecule has 1 aromatic heterocycles. The molecule has 0 saturated heterocycles. The van der Waals surface area contributed by atoms with Crippen molar-refractivity contribution in [2.75, 3.05) is 0 Å². The van der Waals surface area contributed by atoms with Gasteiger partial charge in [0.1, 0.15) is 11.6 Å². The maximum atomic E-state index is 13.2. The molecule has 0 unspecified atom stereocenters. The molecule has 0 N–H and O–H groups in total. The predicted molar refractivity (Wildman–Crippen MR) is 63.1 cm³/mol. The molecule has 0 radical (unpaired) electrons. The summed E-state index contributed by atoms with van der Waals surface area (Å²) in [5.41, 5.74) is 0.908. The van der Waals surface area contributed by atoms with Crippen LogP contribution in [0.1, 0.15) is 5.56 Å². The van der Waals surface area contributed by atoms with Crippen LogP contribution in [-0.4, -0.2) is 4.98 Å². The Balaban J connectivity index is 2.28. The van der Waals surface area contributed by atoms with Gasteiger partial charge in [0.15, 0.2) is 0 Å². The van der Waals surface area contributed by atoms with E-state index in [1.807, 2.05) is 19.1 Å². The molecule has 16 heavy (non-hydrogen) atoms. The van der Waals surface area contributed by atoms with Gasteiger partial charge in [-0.1, -0.05) is 6.07 Å². The van der Waals surface area contributed by atoms with Gasteiger partial charge in [-0.3, -0.25) is 0 Å². The van der Waals surface area contributed by atoms with Crippen LogP contribution in [0.4, 0.5) is 4.39 Å². The number of hydrogen-bond acceptors (Lipinski definition) is 2. The Morgan fingerprint density at radius 1 is 1.31 bits per heavy atom. The molecule has 2 nitrogen and oxygen atoms in total. The fraction of sp³-hybridized carbons (Fsp3) is 0.0833. The molecule has 0 aliphatic heterocycles. The Labute approximate surface area is 101 Å². The monoisotopic (exact) mass is 281 g/mol. The fourth-order valence-electron chi connectivity index (χ4n) is 1.23. The fourth-order valence-corrected chi connectivity index (χ4v) is 1.48. The highest BCUT2D eigenvalue weighted by atomic mass is 79.9. The van der Waals surface area contributed by atoms with E-state index in [0.717, 1.165) is 5.56 Å². The number of aromatic nitrogens is 1. The first kappa shape index (κ1) is 11.1. The molecule has 0 spiro atoms. The molecular formula is C12H9BrFNO. The second kappa shape index (κ2) is 4.61. The zero-order chi connectivity index (χ0) is 11.5. The normalized spacial score (nSPS) is 10.2. The van der Waals surface area contributed by atoms with Crippen molar-refractivity contribution in [2.45, 2.75) is 6.92 Å². The molecule has 1 aromatic carbocycles. The van der Waals surface area contributed by atoms with E-state index in [1.54, 1.807) is 18.3 Å². The summed E-state index contributed by atoms with van der Waals surface area (Å²) in [4.78, 5) is 4.07. The Hall–Kier alpha value is -1.42.